The van der Waals surface area contributed by atoms with E-state index in [4.69, 9.17) is 0 Å². The Bertz CT molecular complexity index is 7.51. The molecule has 0 aliphatic rings. The van der Waals surface area contributed by atoms with E-state index in [1.165, 1.54) is 0 Å². The Balaban J connectivity index is 0. The van der Waals surface area contributed by atoms with Crippen LogP contribution in [-0.4, -0.2) is 21.9 Å². The van der Waals surface area contributed by atoms with E-state index in [-0.39, 0.29) is 62.4 Å². The van der Waals surface area contributed by atoms with Crippen molar-refractivity contribution in [3.8, 4) is 0 Å². The van der Waals surface area contributed by atoms with E-state index in [0.717, 1.165) is 0 Å². The van der Waals surface area contributed by atoms with Crippen LogP contribution in [0.1, 0.15) is 0 Å². The Morgan fingerprint density at radius 3 is 0.667 bits per heavy atom. The Morgan fingerprint density at radius 1 is 0.667 bits per heavy atom. The Morgan fingerprint density at radius 2 is 0.667 bits per heavy atom. The Hall–Kier alpha value is 1.15. The van der Waals surface area contributed by atoms with Crippen molar-refractivity contribution in [1.82, 2.24) is 0 Å². The van der Waals surface area contributed by atoms with E-state index >= 15 is 0 Å². The summed E-state index contributed by atoms with van der Waals surface area (Å²) in [6.07, 6.45) is 0. The third kappa shape index (κ3) is 66.9. The minimum absolute atomic E-state index is 0. The first kappa shape index (κ1) is 204. The minimum Gasteiger partial charge on any atom is -0.870 e. The molecular formula is H6O4WZn. The fourth-order valence-electron chi connectivity index (χ4n) is 0. The van der Waals surface area contributed by atoms with Crippen LogP contribution < -0.4 is 0 Å². The van der Waals surface area contributed by atoms with E-state index in [9.17, 15) is 0 Å². The van der Waals surface area contributed by atoms with Crippen molar-refractivity contribution < 1.29 is 62.4 Å². The number of rotatable bonds is 0. The first-order valence-corrected chi connectivity index (χ1v) is 0. The third-order valence-corrected chi connectivity index (χ3v) is 0. The molecule has 0 heterocycles. The van der Waals surface area contributed by atoms with Crippen LogP contribution >= 0.6 is 0 Å². The van der Waals surface area contributed by atoms with Gasteiger partial charge in [0, 0.05) is 21.1 Å². The van der Waals surface area contributed by atoms with Gasteiger partial charge >= 0.3 is 19.5 Å². The van der Waals surface area contributed by atoms with Crippen LogP contribution in [0, 0.1) is 0 Å². The van der Waals surface area contributed by atoms with Crippen LogP contribution in [0.4, 0.5) is 0 Å². The van der Waals surface area contributed by atoms with Crippen molar-refractivity contribution in [1.29, 1.82) is 0 Å². The summed E-state index contributed by atoms with van der Waals surface area (Å²) in [7, 11) is 0. The normalized spacial score (nSPS) is 0. The van der Waals surface area contributed by atoms with Crippen LogP contribution in [0.25, 0.3) is 0 Å². The molecule has 6 heteroatoms. The quantitative estimate of drug-likeness (QED) is 0.479. The molecule has 0 aliphatic heterocycles. The second kappa shape index (κ2) is 123. The number of hydrogen-bond acceptors (Lipinski definition) is 2. The summed E-state index contributed by atoms with van der Waals surface area (Å²) in [6.45, 7) is 0. The molecule has 6 N–H and O–H groups in total. The van der Waals surface area contributed by atoms with Crippen molar-refractivity contribution in [3.05, 3.63) is 0 Å². The molecule has 0 amide bonds. The predicted molar refractivity (Wildman–Crippen MR) is 11.1 cm³/mol. The summed E-state index contributed by atoms with van der Waals surface area (Å²) in [5.41, 5.74) is 0. The average Bonchev–Trinajstić information content (AvgIpc) is 0. The SMILES string of the molecule is O.O.[OH-].[OH-].[W].[Zn+2]. The Labute approximate surface area is 62.6 Å². The van der Waals surface area contributed by atoms with Gasteiger partial charge in [-0.3, -0.25) is 0 Å². The van der Waals surface area contributed by atoms with E-state index in [1.807, 2.05) is 0 Å². The van der Waals surface area contributed by atoms with Crippen molar-refractivity contribution in [2.45, 2.75) is 0 Å². The first-order valence-electron chi connectivity index (χ1n) is 0. The maximum atomic E-state index is 0. The smallest absolute Gasteiger partial charge is 0.870 e. The molecule has 0 aliphatic carbocycles. The topological polar surface area (TPSA) is 123 Å². The molecule has 0 bridgehead atoms. The summed E-state index contributed by atoms with van der Waals surface area (Å²) in [5.74, 6) is 0. The van der Waals surface area contributed by atoms with Gasteiger partial charge in [0.25, 0.3) is 0 Å². The maximum absolute atomic E-state index is 0. The first-order chi connectivity index (χ1) is 0. The van der Waals surface area contributed by atoms with E-state index in [0.29, 0.717) is 0 Å². The second-order valence-electron chi connectivity index (χ2n) is 0. The van der Waals surface area contributed by atoms with Gasteiger partial charge in [0.1, 0.15) is 0 Å². The molecular weight excluding hydrogens is 313 g/mol. The van der Waals surface area contributed by atoms with Gasteiger partial charge in [-0.05, 0) is 0 Å². The predicted octanol–water partition coefficient (Wildman–Crippen LogP) is -2.01. The molecule has 0 aromatic carbocycles. The zero-order valence-corrected chi connectivity index (χ0v) is 8.91. The van der Waals surface area contributed by atoms with Gasteiger partial charge in [-0.2, -0.15) is 0 Å². The Kier molecular flexibility index (Phi) is 4190. The molecule has 0 aromatic rings. The molecule has 0 rings (SSSR count). The average molecular weight is 319 g/mol. The molecule has 0 atom stereocenters. The van der Waals surface area contributed by atoms with Crippen LogP contribution in [0.5, 0.6) is 0 Å². The molecule has 4 nitrogen and oxygen atoms in total. The maximum Gasteiger partial charge on any atom is 2.00 e. The van der Waals surface area contributed by atoms with Crippen LogP contribution in [0.2, 0.25) is 0 Å². The molecule has 0 saturated carbocycles. The molecule has 0 saturated heterocycles. The number of hydrogen-bond donors (Lipinski definition) is 0. The van der Waals surface area contributed by atoms with Gasteiger partial charge in [0.15, 0.2) is 0 Å². The summed E-state index contributed by atoms with van der Waals surface area (Å²) >= 11 is 0. The molecule has 0 radical (unpaired) electrons. The third-order valence-electron chi connectivity index (χ3n) is 0. The van der Waals surface area contributed by atoms with Gasteiger partial charge < -0.3 is 21.9 Å². The molecule has 0 spiro atoms. The van der Waals surface area contributed by atoms with Gasteiger partial charge in [0.2, 0.25) is 0 Å². The summed E-state index contributed by atoms with van der Waals surface area (Å²) in [6, 6.07) is 0. The second-order valence-corrected chi connectivity index (χ2v) is 0. The summed E-state index contributed by atoms with van der Waals surface area (Å²) in [4.78, 5) is 0. The van der Waals surface area contributed by atoms with Gasteiger partial charge in [0.05, 0.1) is 0 Å². The molecule has 38 valence electrons. The van der Waals surface area contributed by atoms with Gasteiger partial charge in [-0.25, -0.2) is 0 Å². The van der Waals surface area contributed by atoms with Crippen molar-refractivity contribution in [3.63, 3.8) is 0 Å². The van der Waals surface area contributed by atoms with Crippen molar-refractivity contribution >= 4 is 0 Å². The molecule has 0 unspecified atom stereocenters. The molecule has 6 heavy (non-hydrogen) atoms. The summed E-state index contributed by atoms with van der Waals surface area (Å²) < 4.78 is 0. The van der Waals surface area contributed by atoms with Crippen LogP contribution in [0.3, 0.4) is 0 Å². The zero-order chi connectivity index (χ0) is 0. The zero-order valence-electron chi connectivity index (χ0n) is 3.01. The minimum atomic E-state index is 0. The fraction of sp³-hybridized carbons (Fsp3) is 0. The van der Waals surface area contributed by atoms with E-state index in [1.54, 1.807) is 0 Å². The van der Waals surface area contributed by atoms with Gasteiger partial charge in [-0.15, -0.1) is 0 Å². The van der Waals surface area contributed by atoms with Crippen LogP contribution in [0.15, 0.2) is 0 Å². The van der Waals surface area contributed by atoms with Crippen LogP contribution in [-0.2, 0) is 40.5 Å². The van der Waals surface area contributed by atoms with Crippen molar-refractivity contribution in [2.24, 2.45) is 0 Å². The van der Waals surface area contributed by atoms with E-state index in [2.05, 4.69) is 0 Å². The van der Waals surface area contributed by atoms with Gasteiger partial charge in [-0.1, -0.05) is 0 Å². The molecule has 0 aromatic heterocycles. The largest absolute Gasteiger partial charge is 2.00 e. The summed E-state index contributed by atoms with van der Waals surface area (Å²) in [5, 5.41) is 0. The monoisotopic (exact) mass is 318 g/mol. The standard InChI is InChI=1S/4H2O.W.Zn/h4*1H2;;/q;;;;;+2/p-2. The van der Waals surface area contributed by atoms with Crippen molar-refractivity contribution in [2.75, 3.05) is 0 Å². The molecule has 0 fully saturated rings. The van der Waals surface area contributed by atoms with E-state index < -0.39 is 0 Å². The fourth-order valence-corrected chi connectivity index (χ4v) is 0.